The fourth-order valence-electron chi connectivity index (χ4n) is 6.04. The summed E-state index contributed by atoms with van der Waals surface area (Å²) in [6.07, 6.45) is 9.88. The van der Waals surface area contributed by atoms with Crippen LogP contribution in [0, 0.1) is 6.92 Å². The van der Waals surface area contributed by atoms with E-state index < -0.39 is 0 Å². The summed E-state index contributed by atoms with van der Waals surface area (Å²) in [5, 5.41) is 3.45. The predicted molar refractivity (Wildman–Crippen MR) is 159 cm³/mol. The molecule has 41 heavy (non-hydrogen) atoms. The number of allylic oxidation sites excluding steroid dienone is 1. The standard InChI is InChI=1S/C31H30N8O2/c1-20-14-21(4-10-28(20)41-24-7-9-27-26(15-24)34-19-37(27)2)35-31-30-25(32-18-33-31)8-11-29(36-30)39-22-5-6-23(39)17-38(16-22)12-3-13-40/h3-4,7-15,18-19,22-23H,5-6,16-17H2,1-2H3,(H,32,33,35). The number of benzene rings is 2. The summed E-state index contributed by atoms with van der Waals surface area (Å²) in [6.45, 7) is 3.77. The number of aldehydes is 1. The van der Waals surface area contributed by atoms with Gasteiger partial charge in [0.05, 0.1) is 22.9 Å². The van der Waals surface area contributed by atoms with E-state index in [1.54, 1.807) is 18.7 Å². The number of pyridine rings is 1. The van der Waals surface area contributed by atoms with Crippen LogP contribution < -0.4 is 15.0 Å². The number of nitrogens with zero attached hydrogens (tertiary/aromatic N) is 7. The first-order chi connectivity index (χ1) is 20.1. The molecule has 2 atom stereocenters. The zero-order chi connectivity index (χ0) is 27.9. The van der Waals surface area contributed by atoms with E-state index in [-0.39, 0.29) is 0 Å². The molecule has 0 spiro atoms. The lowest BCUT2D eigenvalue weighted by molar-refractivity contribution is -0.104. The Morgan fingerprint density at radius 1 is 0.976 bits per heavy atom. The van der Waals surface area contributed by atoms with Gasteiger partial charge in [-0.05, 0) is 73.9 Å². The van der Waals surface area contributed by atoms with Crippen LogP contribution in [-0.4, -0.2) is 60.9 Å². The van der Waals surface area contributed by atoms with Gasteiger partial charge in [0.15, 0.2) is 5.82 Å². The number of ether oxygens (including phenoxy) is 1. The summed E-state index contributed by atoms with van der Waals surface area (Å²) >= 11 is 0. The van der Waals surface area contributed by atoms with E-state index in [1.807, 2.05) is 67.2 Å². The van der Waals surface area contributed by atoms with Crippen molar-refractivity contribution in [2.24, 2.45) is 7.05 Å². The van der Waals surface area contributed by atoms with Gasteiger partial charge in [0.2, 0.25) is 0 Å². The molecule has 2 aliphatic rings. The molecule has 10 heteroatoms. The van der Waals surface area contributed by atoms with Crippen molar-refractivity contribution < 1.29 is 9.53 Å². The van der Waals surface area contributed by atoms with E-state index in [9.17, 15) is 4.79 Å². The highest BCUT2D eigenvalue weighted by molar-refractivity contribution is 5.88. The lowest BCUT2D eigenvalue weighted by Crippen LogP contribution is -2.52. The quantitative estimate of drug-likeness (QED) is 0.220. The van der Waals surface area contributed by atoms with E-state index >= 15 is 0 Å². The topological polar surface area (TPSA) is 101 Å². The van der Waals surface area contributed by atoms with Crippen molar-refractivity contribution in [3.05, 3.63) is 79.0 Å². The minimum atomic E-state index is 0.352. The normalized spacial score (nSPS) is 18.5. The minimum Gasteiger partial charge on any atom is -0.457 e. The minimum absolute atomic E-state index is 0.352. The Hall–Kier alpha value is -4.99. The van der Waals surface area contributed by atoms with Crippen LogP contribution in [0.3, 0.4) is 0 Å². The Balaban J connectivity index is 1.12. The second kappa shape index (κ2) is 10.2. The van der Waals surface area contributed by atoms with Crippen molar-refractivity contribution in [3.63, 3.8) is 0 Å². The van der Waals surface area contributed by atoms with Gasteiger partial charge in [0.1, 0.15) is 35.4 Å². The second-order valence-electron chi connectivity index (χ2n) is 10.7. The molecule has 0 aliphatic carbocycles. The summed E-state index contributed by atoms with van der Waals surface area (Å²) in [5.41, 5.74) is 5.35. The molecule has 5 aromatic rings. The van der Waals surface area contributed by atoms with Crippen molar-refractivity contribution >= 4 is 45.7 Å². The van der Waals surface area contributed by atoms with Crippen LogP contribution in [0.15, 0.2) is 73.5 Å². The molecule has 0 amide bonds. The van der Waals surface area contributed by atoms with Gasteiger partial charge >= 0.3 is 0 Å². The zero-order valence-corrected chi connectivity index (χ0v) is 22.9. The number of likely N-dealkylation sites (tertiary alicyclic amines) is 1. The molecule has 2 unspecified atom stereocenters. The monoisotopic (exact) mass is 546 g/mol. The van der Waals surface area contributed by atoms with Crippen LogP contribution in [-0.2, 0) is 11.8 Å². The molecule has 0 saturated carbocycles. The lowest BCUT2D eigenvalue weighted by Gasteiger charge is -2.41. The van der Waals surface area contributed by atoms with Crippen molar-refractivity contribution in [3.8, 4) is 11.5 Å². The van der Waals surface area contributed by atoms with Gasteiger partial charge < -0.3 is 24.4 Å². The molecule has 7 rings (SSSR count). The number of carbonyl (C=O) groups is 1. The molecule has 2 aromatic carbocycles. The zero-order valence-electron chi connectivity index (χ0n) is 22.9. The number of nitrogens with one attached hydrogen (secondary N) is 1. The fourth-order valence-corrected chi connectivity index (χ4v) is 6.04. The van der Waals surface area contributed by atoms with Gasteiger partial charge in [-0.25, -0.2) is 19.9 Å². The van der Waals surface area contributed by atoms with E-state index in [4.69, 9.17) is 9.72 Å². The van der Waals surface area contributed by atoms with Crippen molar-refractivity contribution in [2.45, 2.75) is 31.8 Å². The molecule has 2 saturated heterocycles. The number of piperazine rings is 1. The summed E-state index contributed by atoms with van der Waals surface area (Å²) in [5.74, 6) is 3.11. The van der Waals surface area contributed by atoms with E-state index in [2.05, 4.69) is 36.1 Å². The van der Waals surface area contributed by atoms with E-state index in [0.717, 1.165) is 82.9 Å². The number of aryl methyl sites for hydroxylation is 2. The molecule has 1 N–H and O–H groups in total. The van der Waals surface area contributed by atoms with Crippen LogP contribution in [0.5, 0.6) is 11.5 Å². The number of carbonyl (C=O) groups excluding carboxylic acids is 1. The Kier molecular flexibility index (Phi) is 6.22. The second-order valence-corrected chi connectivity index (χ2v) is 10.7. The average Bonchev–Trinajstić information content (AvgIpc) is 3.48. The number of aromatic nitrogens is 5. The summed E-state index contributed by atoms with van der Waals surface area (Å²) in [7, 11) is 1.98. The third-order valence-electron chi connectivity index (χ3n) is 7.98. The molecular formula is C31H30N8O2. The van der Waals surface area contributed by atoms with Crippen LogP contribution in [0.2, 0.25) is 0 Å². The summed E-state index contributed by atoms with van der Waals surface area (Å²) < 4.78 is 8.18. The Bertz CT molecular complexity index is 1780. The number of rotatable bonds is 7. The van der Waals surface area contributed by atoms with E-state index in [1.165, 1.54) is 0 Å². The highest BCUT2D eigenvalue weighted by atomic mass is 16.5. The maximum atomic E-state index is 10.8. The molecule has 5 heterocycles. The molecule has 3 aromatic heterocycles. The summed E-state index contributed by atoms with van der Waals surface area (Å²) in [4.78, 5) is 33.9. The fraction of sp³-hybridized carbons (Fsp3) is 0.258. The highest BCUT2D eigenvalue weighted by Crippen LogP contribution is 2.36. The van der Waals surface area contributed by atoms with Crippen molar-refractivity contribution in [1.82, 2.24) is 29.4 Å². The maximum absolute atomic E-state index is 10.8. The van der Waals surface area contributed by atoms with Gasteiger partial charge in [-0.2, -0.15) is 0 Å². The van der Waals surface area contributed by atoms with Crippen LogP contribution >= 0.6 is 0 Å². The number of anilines is 3. The van der Waals surface area contributed by atoms with Gasteiger partial charge in [-0.1, -0.05) is 0 Å². The molecule has 10 nitrogen and oxygen atoms in total. The number of fused-ring (bicyclic) bond motifs is 4. The Morgan fingerprint density at radius 2 is 1.83 bits per heavy atom. The first-order valence-electron chi connectivity index (χ1n) is 13.8. The Labute approximate surface area is 237 Å². The lowest BCUT2D eigenvalue weighted by atomic mass is 10.2. The van der Waals surface area contributed by atoms with Crippen LogP contribution in [0.25, 0.3) is 22.1 Å². The van der Waals surface area contributed by atoms with E-state index in [0.29, 0.717) is 17.9 Å². The highest BCUT2D eigenvalue weighted by Gasteiger charge is 2.40. The van der Waals surface area contributed by atoms with Gasteiger partial charge in [0.25, 0.3) is 0 Å². The van der Waals surface area contributed by atoms with Gasteiger partial charge in [-0.3, -0.25) is 4.79 Å². The molecule has 0 radical (unpaired) electrons. The first kappa shape index (κ1) is 25.0. The first-order valence-corrected chi connectivity index (χ1v) is 13.8. The average molecular weight is 547 g/mol. The molecule has 206 valence electrons. The smallest absolute Gasteiger partial charge is 0.160 e. The molecule has 2 bridgehead atoms. The third kappa shape index (κ3) is 4.71. The largest absolute Gasteiger partial charge is 0.457 e. The van der Waals surface area contributed by atoms with Crippen LogP contribution in [0.1, 0.15) is 18.4 Å². The van der Waals surface area contributed by atoms with Gasteiger partial charge in [-0.15, -0.1) is 0 Å². The number of hydrogen-bond donors (Lipinski definition) is 1. The SMILES string of the molecule is Cc1cc(Nc2ncnc3ccc(N4C5CCC4CN(C=CC=O)C5)nc23)ccc1Oc1ccc2c(c1)ncn2C. The van der Waals surface area contributed by atoms with Crippen molar-refractivity contribution in [2.75, 3.05) is 23.3 Å². The maximum Gasteiger partial charge on any atom is 0.160 e. The number of imidazole rings is 1. The summed E-state index contributed by atoms with van der Waals surface area (Å²) in [6, 6.07) is 16.7. The Morgan fingerprint density at radius 3 is 2.63 bits per heavy atom. The van der Waals surface area contributed by atoms with Crippen LogP contribution in [0.4, 0.5) is 17.3 Å². The molecule has 2 aliphatic heterocycles. The molecular weight excluding hydrogens is 516 g/mol. The third-order valence-corrected chi connectivity index (χ3v) is 7.98. The predicted octanol–water partition coefficient (Wildman–Crippen LogP) is 5.12. The van der Waals surface area contributed by atoms with Crippen molar-refractivity contribution in [1.29, 1.82) is 0 Å². The molecule has 2 fully saturated rings. The van der Waals surface area contributed by atoms with Gasteiger partial charge in [0, 0.05) is 50.2 Å². The number of hydrogen-bond acceptors (Lipinski definition) is 9.